The standard InChI is InChI=1S/C10H15N3O/c1-8-6-13(7-9(2)14-8)10-11-4-3-5-12-10/h3-5,8-9H,6-7H2,1-2H3. The van der Waals surface area contributed by atoms with Crippen LogP contribution in [-0.4, -0.2) is 35.3 Å². The second-order valence-corrected chi connectivity index (χ2v) is 3.71. The molecule has 2 rings (SSSR count). The van der Waals surface area contributed by atoms with E-state index in [0.29, 0.717) is 0 Å². The van der Waals surface area contributed by atoms with Gasteiger partial charge >= 0.3 is 0 Å². The highest BCUT2D eigenvalue weighted by atomic mass is 16.5. The number of anilines is 1. The first-order valence-corrected chi connectivity index (χ1v) is 4.93. The largest absolute Gasteiger partial charge is 0.372 e. The molecule has 2 atom stereocenters. The van der Waals surface area contributed by atoms with Crippen molar-refractivity contribution in [2.75, 3.05) is 18.0 Å². The smallest absolute Gasteiger partial charge is 0.225 e. The first-order valence-electron chi connectivity index (χ1n) is 4.93. The van der Waals surface area contributed by atoms with Gasteiger partial charge in [-0.25, -0.2) is 9.97 Å². The maximum atomic E-state index is 5.64. The second-order valence-electron chi connectivity index (χ2n) is 3.71. The number of morpholine rings is 1. The van der Waals surface area contributed by atoms with Crippen LogP contribution in [0.3, 0.4) is 0 Å². The third-order valence-corrected chi connectivity index (χ3v) is 2.25. The fourth-order valence-electron chi connectivity index (χ4n) is 1.80. The maximum Gasteiger partial charge on any atom is 0.225 e. The molecule has 1 fully saturated rings. The van der Waals surface area contributed by atoms with E-state index in [9.17, 15) is 0 Å². The lowest BCUT2D eigenvalue weighted by Crippen LogP contribution is -2.46. The molecule has 14 heavy (non-hydrogen) atoms. The normalized spacial score (nSPS) is 27.7. The van der Waals surface area contributed by atoms with E-state index in [-0.39, 0.29) is 12.2 Å². The minimum absolute atomic E-state index is 0.252. The zero-order valence-corrected chi connectivity index (χ0v) is 8.55. The molecule has 0 amide bonds. The third kappa shape index (κ3) is 2.01. The van der Waals surface area contributed by atoms with Gasteiger partial charge in [0.15, 0.2) is 0 Å². The van der Waals surface area contributed by atoms with Gasteiger partial charge in [0.2, 0.25) is 5.95 Å². The SMILES string of the molecule is CC1CN(c2ncccn2)CC(C)O1. The van der Waals surface area contributed by atoms with E-state index < -0.39 is 0 Å². The van der Waals surface area contributed by atoms with E-state index >= 15 is 0 Å². The van der Waals surface area contributed by atoms with Crippen LogP contribution in [0.2, 0.25) is 0 Å². The number of hydrogen-bond acceptors (Lipinski definition) is 4. The van der Waals surface area contributed by atoms with E-state index in [2.05, 4.69) is 28.7 Å². The highest BCUT2D eigenvalue weighted by Gasteiger charge is 2.23. The first kappa shape index (κ1) is 9.40. The Labute approximate surface area is 83.9 Å². The molecule has 1 aromatic heterocycles. The van der Waals surface area contributed by atoms with Gasteiger partial charge in [-0.05, 0) is 19.9 Å². The van der Waals surface area contributed by atoms with Crippen molar-refractivity contribution in [3.05, 3.63) is 18.5 Å². The summed E-state index contributed by atoms with van der Waals surface area (Å²) in [6.07, 6.45) is 4.05. The zero-order chi connectivity index (χ0) is 9.97. The Kier molecular flexibility index (Phi) is 2.63. The minimum Gasteiger partial charge on any atom is -0.372 e. The maximum absolute atomic E-state index is 5.64. The summed E-state index contributed by atoms with van der Waals surface area (Å²) in [6, 6.07) is 1.83. The monoisotopic (exact) mass is 193 g/mol. The Morgan fingerprint density at radius 3 is 2.36 bits per heavy atom. The van der Waals surface area contributed by atoms with Gasteiger partial charge in [-0.15, -0.1) is 0 Å². The van der Waals surface area contributed by atoms with E-state index in [0.717, 1.165) is 19.0 Å². The summed E-state index contributed by atoms with van der Waals surface area (Å²) in [7, 11) is 0. The molecule has 0 saturated carbocycles. The molecule has 4 nitrogen and oxygen atoms in total. The highest BCUT2D eigenvalue weighted by molar-refractivity contribution is 5.29. The summed E-state index contributed by atoms with van der Waals surface area (Å²) in [4.78, 5) is 10.6. The Morgan fingerprint density at radius 1 is 1.21 bits per heavy atom. The number of aromatic nitrogens is 2. The van der Waals surface area contributed by atoms with Gasteiger partial charge in [0, 0.05) is 25.5 Å². The van der Waals surface area contributed by atoms with Crippen LogP contribution in [0, 0.1) is 0 Å². The van der Waals surface area contributed by atoms with Crippen LogP contribution in [0.25, 0.3) is 0 Å². The highest BCUT2D eigenvalue weighted by Crippen LogP contribution is 2.15. The molecule has 2 heterocycles. The molecule has 4 heteroatoms. The second kappa shape index (κ2) is 3.92. The van der Waals surface area contributed by atoms with Gasteiger partial charge in [-0.1, -0.05) is 0 Å². The number of rotatable bonds is 1. The molecule has 1 saturated heterocycles. The van der Waals surface area contributed by atoms with Crippen LogP contribution >= 0.6 is 0 Å². The first-order chi connectivity index (χ1) is 6.75. The van der Waals surface area contributed by atoms with Crippen LogP contribution in [0.15, 0.2) is 18.5 Å². The van der Waals surface area contributed by atoms with Crippen LogP contribution < -0.4 is 4.90 Å². The third-order valence-electron chi connectivity index (χ3n) is 2.25. The van der Waals surface area contributed by atoms with Crippen molar-refractivity contribution >= 4 is 5.95 Å². The minimum atomic E-state index is 0.252. The molecule has 0 radical (unpaired) electrons. The Morgan fingerprint density at radius 2 is 1.79 bits per heavy atom. The van der Waals surface area contributed by atoms with Crippen LogP contribution in [0.1, 0.15) is 13.8 Å². The quantitative estimate of drug-likeness (QED) is 0.669. The number of hydrogen-bond donors (Lipinski definition) is 0. The molecule has 0 N–H and O–H groups in total. The molecule has 2 unspecified atom stereocenters. The van der Waals surface area contributed by atoms with Crippen molar-refractivity contribution in [2.24, 2.45) is 0 Å². The van der Waals surface area contributed by atoms with Gasteiger partial charge in [-0.2, -0.15) is 0 Å². The molecule has 0 aromatic carbocycles. The van der Waals surface area contributed by atoms with Crippen molar-refractivity contribution < 1.29 is 4.74 Å². The van der Waals surface area contributed by atoms with E-state index in [1.54, 1.807) is 12.4 Å². The molecular formula is C10H15N3O. The molecule has 1 aliphatic heterocycles. The van der Waals surface area contributed by atoms with Gasteiger partial charge in [0.1, 0.15) is 0 Å². The zero-order valence-electron chi connectivity index (χ0n) is 8.55. The average molecular weight is 193 g/mol. The lowest BCUT2D eigenvalue weighted by Gasteiger charge is -2.35. The number of ether oxygens (including phenoxy) is 1. The van der Waals surface area contributed by atoms with Gasteiger partial charge in [0.05, 0.1) is 12.2 Å². The summed E-state index contributed by atoms with van der Waals surface area (Å²) in [5.41, 5.74) is 0. The summed E-state index contributed by atoms with van der Waals surface area (Å²) >= 11 is 0. The van der Waals surface area contributed by atoms with E-state index in [1.165, 1.54) is 0 Å². The summed E-state index contributed by atoms with van der Waals surface area (Å²) in [5.74, 6) is 0.800. The van der Waals surface area contributed by atoms with Crippen LogP contribution in [0.4, 0.5) is 5.95 Å². The predicted molar refractivity (Wildman–Crippen MR) is 54.3 cm³/mol. The lowest BCUT2D eigenvalue weighted by atomic mass is 10.2. The predicted octanol–water partition coefficient (Wildman–Crippen LogP) is 1.09. The van der Waals surface area contributed by atoms with Gasteiger partial charge in [-0.3, -0.25) is 0 Å². The van der Waals surface area contributed by atoms with E-state index in [1.807, 2.05) is 6.07 Å². The van der Waals surface area contributed by atoms with E-state index in [4.69, 9.17) is 4.74 Å². The van der Waals surface area contributed by atoms with Gasteiger partial charge < -0.3 is 9.64 Å². The summed E-state index contributed by atoms with van der Waals surface area (Å²) in [5, 5.41) is 0. The Bertz CT molecular complexity index is 281. The fourth-order valence-corrected chi connectivity index (χ4v) is 1.80. The molecule has 0 bridgehead atoms. The molecule has 76 valence electrons. The topological polar surface area (TPSA) is 38.2 Å². The van der Waals surface area contributed by atoms with Crippen LogP contribution in [-0.2, 0) is 4.74 Å². The fraction of sp³-hybridized carbons (Fsp3) is 0.600. The molecule has 1 aromatic rings. The van der Waals surface area contributed by atoms with Crippen LogP contribution in [0.5, 0.6) is 0 Å². The van der Waals surface area contributed by atoms with Crippen molar-refractivity contribution in [1.29, 1.82) is 0 Å². The Balaban J connectivity index is 2.11. The number of nitrogens with zero attached hydrogens (tertiary/aromatic N) is 3. The average Bonchev–Trinajstić information content (AvgIpc) is 2.18. The molecule has 0 aliphatic carbocycles. The van der Waals surface area contributed by atoms with Crippen molar-refractivity contribution in [1.82, 2.24) is 9.97 Å². The van der Waals surface area contributed by atoms with Crippen molar-refractivity contribution in [3.63, 3.8) is 0 Å². The van der Waals surface area contributed by atoms with Gasteiger partial charge in [0.25, 0.3) is 0 Å². The molecule has 1 aliphatic rings. The summed E-state index contributed by atoms with van der Waals surface area (Å²) < 4.78 is 5.64. The Hall–Kier alpha value is -1.16. The lowest BCUT2D eigenvalue weighted by molar-refractivity contribution is -0.00572. The van der Waals surface area contributed by atoms with Crippen molar-refractivity contribution in [2.45, 2.75) is 26.1 Å². The molecule has 0 spiro atoms. The molecular weight excluding hydrogens is 178 g/mol. The van der Waals surface area contributed by atoms with Crippen molar-refractivity contribution in [3.8, 4) is 0 Å². The summed E-state index contributed by atoms with van der Waals surface area (Å²) in [6.45, 7) is 5.89.